The van der Waals surface area contributed by atoms with Crippen molar-refractivity contribution in [3.8, 4) is 22.8 Å². The van der Waals surface area contributed by atoms with Crippen molar-refractivity contribution in [1.29, 1.82) is 0 Å². The fraction of sp³-hybridized carbons (Fsp3) is 0.0500. The molecule has 0 radical (unpaired) electrons. The van der Waals surface area contributed by atoms with Gasteiger partial charge in [0.1, 0.15) is 5.69 Å². The van der Waals surface area contributed by atoms with E-state index in [9.17, 15) is 0 Å². The summed E-state index contributed by atoms with van der Waals surface area (Å²) in [6.45, 7) is 0. The first-order chi connectivity index (χ1) is 12.3. The van der Waals surface area contributed by atoms with Gasteiger partial charge in [0.05, 0.1) is 16.7 Å². The number of para-hydroxylation sites is 2. The third-order valence-electron chi connectivity index (χ3n) is 4.44. The lowest BCUT2D eigenvalue weighted by molar-refractivity contribution is 0.897. The van der Waals surface area contributed by atoms with Crippen molar-refractivity contribution >= 4 is 16.7 Å². The molecule has 5 heteroatoms. The molecule has 0 unspecified atom stereocenters. The fourth-order valence-corrected chi connectivity index (χ4v) is 3.19. The molecule has 0 saturated carbocycles. The average Bonchev–Trinajstić information content (AvgIpc) is 3.24. The Balaban J connectivity index is 1.76. The van der Waals surface area contributed by atoms with Gasteiger partial charge >= 0.3 is 0 Å². The maximum atomic E-state index is 4.79. The van der Waals surface area contributed by atoms with Crippen molar-refractivity contribution in [3.63, 3.8) is 0 Å². The summed E-state index contributed by atoms with van der Waals surface area (Å²) >= 11 is 0. The van der Waals surface area contributed by atoms with Gasteiger partial charge in [-0.15, -0.1) is 0 Å². The van der Waals surface area contributed by atoms with Crippen LogP contribution in [0.5, 0.6) is 0 Å². The summed E-state index contributed by atoms with van der Waals surface area (Å²) in [5.41, 5.74) is 5.77. The Morgan fingerprint density at radius 2 is 1.68 bits per heavy atom. The van der Waals surface area contributed by atoms with Crippen LogP contribution in [0.3, 0.4) is 0 Å². The zero-order chi connectivity index (χ0) is 16.8. The van der Waals surface area contributed by atoms with E-state index in [-0.39, 0.29) is 0 Å². The van der Waals surface area contributed by atoms with Crippen molar-refractivity contribution < 1.29 is 0 Å². The summed E-state index contributed by atoms with van der Waals surface area (Å²) in [5, 5.41) is 4.77. The number of hydrogen-bond acceptors (Lipinski definition) is 3. The summed E-state index contributed by atoms with van der Waals surface area (Å²) in [5.74, 6) is 0.872. The van der Waals surface area contributed by atoms with Crippen LogP contribution in [0.1, 0.15) is 0 Å². The molecule has 3 heterocycles. The molecule has 25 heavy (non-hydrogen) atoms. The predicted molar refractivity (Wildman–Crippen MR) is 98.1 cm³/mol. The van der Waals surface area contributed by atoms with Crippen LogP contribution in [0.25, 0.3) is 39.5 Å². The molecule has 0 N–H and O–H groups in total. The minimum absolute atomic E-state index is 0.809. The van der Waals surface area contributed by atoms with Gasteiger partial charge in [0.2, 0.25) is 0 Å². The number of nitrogens with zero attached hydrogens (tertiary/aromatic N) is 5. The second kappa shape index (κ2) is 5.27. The minimum Gasteiger partial charge on any atom is -0.326 e. The van der Waals surface area contributed by atoms with Crippen LogP contribution < -0.4 is 0 Å². The Kier molecular flexibility index (Phi) is 2.94. The molecule has 0 amide bonds. The highest BCUT2D eigenvalue weighted by molar-refractivity contribution is 5.80. The Bertz CT molecular complexity index is 1200. The van der Waals surface area contributed by atoms with Crippen LogP contribution in [0, 0.1) is 0 Å². The van der Waals surface area contributed by atoms with Gasteiger partial charge < -0.3 is 4.57 Å². The van der Waals surface area contributed by atoms with Crippen molar-refractivity contribution in [2.45, 2.75) is 0 Å². The second-order valence-corrected chi connectivity index (χ2v) is 5.98. The topological polar surface area (TPSA) is 48.0 Å². The highest BCUT2D eigenvalue weighted by Gasteiger charge is 2.15. The van der Waals surface area contributed by atoms with E-state index in [0.29, 0.717) is 0 Å². The van der Waals surface area contributed by atoms with Crippen LogP contribution in [0.2, 0.25) is 0 Å². The molecule has 0 atom stereocenters. The molecule has 120 valence electrons. The molecule has 0 fully saturated rings. The van der Waals surface area contributed by atoms with Crippen LogP contribution in [-0.4, -0.2) is 24.1 Å². The molecule has 3 aromatic heterocycles. The van der Waals surface area contributed by atoms with Crippen molar-refractivity contribution in [1.82, 2.24) is 24.1 Å². The number of hydrogen-bond donors (Lipinski definition) is 0. The number of rotatable bonds is 2. The normalized spacial score (nSPS) is 11.4. The molecule has 0 saturated heterocycles. The lowest BCUT2D eigenvalue weighted by atomic mass is 10.2. The van der Waals surface area contributed by atoms with E-state index < -0.39 is 0 Å². The second-order valence-electron chi connectivity index (χ2n) is 5.98. The number of benzene rings is 2. The van der Waals surface area contributed by atoms with E-state index in [1.54, 1.807) is 6.20 Å². The molecule has 5 aromatic rings. The summed E-state index contributed by atoms with van der Waals surface area (Å²) in [6.07, 6.45) is 1.81. The quantitative estimate of drug-likeness (QED) is 0.494. The van der Waals surface area contributed by atoms with Gasteiger partial charge in [-0.3, -0.25) is 0 Å². The van der Waals surface area contributed by atoms with Crippen LogP contribution >= 0.6 is 0 Å². The lowest BCUT2D eigenvalue weighted by Gasteiger charge is -2.04. The molecule has 0 aliphatic heterocycles. The van der Waals surface area contributed by atoms with Gasteiger partial charge in [-0.1, -0.05) is 42.5 Å². The third-order valence-corrected chi connectivity index (χ3v) is 4.44. The number of fused-ring (bicyclic) bond motifs is 2. The zero-order valence-corrected chi connectivity index (χ0v) is 13.7. The molecule has 2 aromatic carbocycles. The van der Waals surface area contributed by atoms with Crippen molar-refractivity contribution in [3.05, 3.63) is 72.9 Å². The first kappa shape index (κ1) is 13.9. The highest BCUT2D eigenvalue weighted by Crippen LogP contribution is 2.26. The molecule has 0 bridgehead atoms. The third kappa shape index (κ3) is 2.13. The van der Waals surface area contributed by atoms with Gasteiger partial charge in [0.15, 0.2) is 11.5 Å². The van der Waals surface area contributed by atoms with Crippen LogP contribution in [0.15, 0.2) is 72.9 Å². The maximum Gasteiger partial charge on any atom is 0.159 e. The molecule has 0 spiro atoms. The molecule has 0 aliphatic carbocycles. The van der Waals surface area contributed by atoms with Crippen molar-refractivity contribution in [2.75, 3.05) is 0 Å². The van der Waals surface area contributed by atoms with E-state index in [4.69, 9.17) is 10.1 Å². The lowest BCUT2D eigenvalue weighted by Crippen LogP contribution is -2.01. The van der Waals surface area contributed by atoms with Gasteiger partial charge in [-0.05, 0) is 18.2 Å². The largest absolute Gasteiger partial charge is 0.326 e. The predicted octanol–water partition coefficient (Wildman–Crippen LogP) is 3.95. The molecule has 5 rings (SSSR count). The smallest absolute Gasteiger partial charge is 0.159 e. The van der Waals surface area contributed by atoms with Gasteiger partial charge in [-0.2, -0.15) is 5.10 Å². The van der Waals surface area contributed by atoms with E-state index in [0.717, 1.165) is 39.5 Å². The van der Waals surface area contributed by atoms with E-state index in [1.807, 2.05) is 60.1 Å². The maximum absolute atomic E-state index is 4.79. The van der Waals surface area contributed by atoms with Gasteiger partial charge in [0, 0.05) is 24.9 Å². The van der Waals surface area contributed by atoms with E-state index in [2.05, 4.69) is 27.8 Å². The summed E-state index contributed by atoms with van der Waals surface area (Å²) < 4.78 is 3.96. The fourth-order valence-electron chi connectivity index (χ4n) is 3.19. The van der Waals surface area contributed by atoms with E-state index in [1.165, 1.54) is 0 Å². The molecular formula is C20H15N5. The number of aromatic nitrogens is 5. The molecule has 5 nitrogen and oxygen atoms in total. The number of aryl methyl sites for hydroxylation is 1. The number of imidazole rings is 1. The molecular weight excluding hydrogens is 310 g/mol. The first-order valence-electron chi connectivity index (χ1n) is 8.13. The summed E-state index contributed by atoms with van der Waals surface area (Å²) in [7, 11) is 2.03. The SMILES string of the molecule is Cn1c(-c2ccnc3cc(-c4ccccc4)nn23)nc2ccccc21. The standard InChI is InChI=1S/C20H15N5/c1-24-17-10-6-5-9-15(17)22-20(24)18-11-12-21-19-13-16(23-25(18)19)14-7-3-2-4-8-14/h2-13H,1H3. The summed E-state index contributed by atoms with van der Waals surface area (Å²) in [4.78, 5) is 9.25. The zero-order valence-electron chi connectivity index (χ0n) is 13.7. The van der Waals surface area contributed by atoms with Gasteiger partial charge in [-0.25, -0.2) is 14.5 Å². The molecule has 0 aliphatic rings. The highest BCUT2D eigenvalue weighted by atomic mass is 15.3. The summed E-state index contributed by atoms with van der Waals surface area (Å²) in [6, 6.07) is 22.2. The monoisotopic (exact) mass is 325 g/mol. The average molecular weight is 325 g/mol. The first-order valence-corrected chi connectivity index (χ1v) is 8.13. The van der Waals surface area contributed by atoms with Crippen LogP contribution in [-0.2, 0) is 7.05 Å². The van der Waals surface area contributed by atoms with Crippen molar-refractivity contribution in [2.24, 2.45) is 7.05 Å². The Morgan fingerprint density at radius 3 is 2.52 bits per heavy atom. The Labute approximate surface area is 144 Å². The minimum atomic E-state index is 0.809. The van der Waals surface area contributed by atoms with Gasteiger partial charge in [0.25, 0.3) is 0 Å². The Hall–Kier alpha value is -3.47. The Morgan fingerprint density at radius 1 is 0.880 bits per heavy atom. The van der Waals surface area contributed by atoms with E-state index >= 15 is 0 Å². The van der Waals surface area contributed by atoms with Crippen LogP contribution in [0.4, 0.5) is 0 Å².